The van der Waals surface area contributed by atoms with Gasteiger partial charge in [0.15, 0.2) is 0 Å². The average molecular weight is 273 g/mol. The summed E-state index contributed by atoms with van der Waals surface area (Å²) in [6.07, 6.45) is 1.82. The molecule has 20 heavy (non-hydrogen) atoms. The number of amides is 1. The van der Waals surface area contributed by atoms with Gasteiger partial charge in [0, 0.05) is 12.5 Å². The fraction of sp³-hybridized carbons (Fsp3) is 0.333. The summed E-state index contributed by atoms with van der Waals surface area (Å²) in [4.78, 5) is 11.4. The summed E-state index contributed by atoms with van der Waals surface area (Å²) in [5.74, 6) is 0.657. The molecule has 0 fully saturated rings. The first-order valence-electron chi connectivity index (χ1n) is 6.65. The number of hydrogen-bond donors (Lipinski definition) is 2. The van der Waals surface area contributed by atoms with Crippen LogP contribution in [0.3, 0.4) is 0 Å². The normalized spacial score (nSPS) is 10.3. The molecule has 5 nitrogen and oxygen atoms in total. The number of benzene rings is 1. The summed E-state index contributed by atoms with van der Waals surface area (Å²) in [6.45, 7) is 3.59. The summed E-state index contributed by atoms with van der Waals surface area (Å²) >= 11 is 0. The molecule has 0 saturated carbocycles. The van der Waals surface area contributed by atoms with E-state index in [0.717, 1.165) is 41.2 Å². The van der Waals surface area contributed by atoms with E-state index in [1.165, 1.54) is 6.92 Å². The van der Waals surface area contributed by atoms with Gasteiger partial charge in [0.25, 0.3) is 0 Å². The van der Waals surface area contributed by atoms with Gasteiger partial charge >= 0.3 is 0 Å². The number of carbonyl (C=O) groups excluding carboxylic acids is 1. The molecule has 5 heteroatoms. The molecule has 1 amide bonds. The summed E-state index contributed by atoms with van der Waals surface area (Å²) in [5.41, 5.74) is 3.35. The first-order chi connectivity index (χ1) is 9.65. The molecule has 2 rings (SSSR count). The zero-order valence-electron chi connectivity index (χ0n) is 12.0. The number of aromatic amines is 1. The largest absolute Gasteiger partial charge is 0.497 e. The number of methoxy groups -OCH3 is 1. The fourth-order valence-corrected chi connectivity index (χ4v) is 2.10. The molecule has 1 aromatic heterocycles. The van der Waals surface area contributed by atoms with E-state index in [2.05, 4.69) is 22.4 Å². The molecule has 0 saturated heterocycles. The molecular weight excluding hydrogens is 254 g/mol. The Morgan fingerprint density at radius 1 is 1.45 bits per heavy atom. The van der Waals surface area contributed by atoms with Gasteiger partial charge in [0.1, 0.15) is 11.4 Å². The first kappa shape index (κ1) is 14.1. The quantitative estimate of drug-likeness (QED) is 0.880. The Balaban J connectivity index is 2.46. The Hall–Kier alpha value is -2.30. The molecule has 0 spiro atoms. The van der Waals surface area contributed by atoms with Crippen LogP contribution in [0.15, 0.2) is 24.3 Å². The highest BCUT2D eigenvalue weighted by molar-refractivity contribution is 5.94. The molecular formula is C15H19N3O2. The van der Waals surface area contributed by atoms with E-state index < -0.39 is 0 Å². The molecule has 0 atom stereocenters. The Morgan fingerprint density at radius 2 is 2.25 bits per heavy atom. The Labute approximate surface area is 118 Å². The van der Waals surface area contributed by atoms with E-state index in [0.29, 0.717) is 0 Å². The standard InChI is InChI=1S/C15H19N3O2/c1-4-6-13-15(16-10(2)19)14(18-17-13)11-7-5-8-12(9-11)20-3/h5,7-9H,4,6H2,1-3H3,(H,16,19)(H,17,18). The van der Waals surface area contributed by atoms with E-state index in [4.69, 9.17) is 4.74 Å². The van der Waals surface area contributed by atoms with Gasteiger partial charge in [-0.1, -0.05) is 25.5 Å². The number of aryl methyl sites for hydroxylation is 1. The molecule has 0 aliphatic heterocycles. The van der Waals surface area contributed by atoms with Gasteiger partial charge in [-0.05, 0) is 18.6 Å². The predicted octanol–water partition coefficient (Wildman–Crippen LogP) is 3.00. The van der Waals surface area contributed by atoms with Crippen molar-refractivity contribution < 1.29 is 9.53 Å². The third kappa shape index (κ3) is 2.99. The number of carbonyl (C=O) groups is 1. The minimum atomic E-state index is -0.104. The lowest BCUT2D eigenvalue weighted by molar-refractivity contribution is -0.114. The molecule has 1 aromatic carbocycles. The van der Waals surface area contributed by atoms with Gasteiger partial charge in [-0.2, -0.15) is 5.10 Å². The number of nitrogens with one attached hydrogen (secondary N) is 2. The van der Waals surface area contributed by atoms with Crippen LogP contribution in [0.25, 0.3) is 11.3 Å². The fourth-order valence-electron chi connectivity index (χ4n) is 2.10. The number of anilines is 1. The highest BCUT2D eigenvalue weighted by Gasteiger charge is 2.15. The molecule has 0 unspecified atom stereocenters. The van der Waals surface area contributed by atoms with Crippen molar-refractivity contribution in [2.45, 2.75) is 26.7 Å². The van der Waals surface area contributed by atoms with Crippen LogP contribution in [-0.4, -0.2) is 23.2 Å². The maximum Gasteiger partial charge on any atom is 0.221 e. The van der Waals surface area contributed by atoms with Crippen LogP contribution in [0.2, 0.25) is 0 Å². The van der Waals surface area contributed by atoms with E-state index in [9.17, 15) is 4.79 Å². The van der Waals surface area contributed by atoms with Crippen molar-refractivity contribution in [3.63, 3.8) is 0 Å². The molecule has 2 N–H and O–H groups in total. The second kappa shape index (κ2) is 6.23. The zero-order valence-corrected chi connectivity index (χ0v) is 12.0. The highest BCUT2D eigenvalue weighted by Crippen LogP contribution is 2.31. The molecule has 2 aromatic rings. The van der Waals surface area contributed by atoms with Gasteiger partial charge in [-0.15, -0.1) is 0 Å². The van der Waals surface area contributed by atoms with Gasteiger partial charge < -0.3 is 10.1 Å². The van der Waals surface area contributed by atoms with Crippen LogP contribution in [0.1, 0.15) is 26.0 Å². The summed E-state index contributed by atoms with van der Waals surface area (Å²) in [5, 5.41) is 10.2. The number of rotatable bonds is 5. The predicted molar refractivity (Wildman–Crippen MR) is 78.9 cm³/mol. The molecule has 0 aliphatic carbocycles. The second-order valence-electron chi connectivity index (χ2n) is 4.59. The van der Waals surface area contributed by atoms with Crippen LogP contribution in [0.4, 0.5) is 5.69 Å². The van der Waals surface area contributed by atoms with E-state index in [1.54, 1.807) is 7.11 Å². The zero-order chi connectivity index (χ0) is 14.5. The molecule has 0 bridgehead atoms. The topological polar surface area (TPSA) is 67.0 Å². The Morgan fingerprint density at radius 3 is 2.90 bits per heavy atom. The second-order valence-corrected chi connectivity index (χ2v) is 4.59. The Bertz CT molecular complexity index is 605. The summed E-state index contributed by atoms with van der Waals surface area (Å²) < 4.78 is 5.23. The van der Waals surface area contributed by atoms with Gasteiger partial charge in [0.05, 0.1) is 18.5 Å². The van der Waals surface area contributed by atoms with Crippen molar-refractivity contribution in [3.8, 4) is 17.0 Å². The lowest BCUT2D eigenvalue weighted by atomic mass is 10.1. The van der Waals surface area contributed by atoms with Crippen LogP contribution in [-0.2, 0) is 11.2 Å². The summed E-state index contributed by atoms with van der Waals surface area (Å²) in [6, 6.07) is 7.62. The number of ether oxygens (including phenoxy) is 1. The number of hydrogen-bond acceptors (Lipinski definition) is 3. The maximum atomic E-state index is 11.4. The Kier molecular flexibility index (Phi) is 4.40. The first-order valence-corrected chi connectivity index (χ1v) is 6.65. The van der Waals surface area contributed by atoms with E-state index >= 15 is 0 Å². The van der Waals surface area contributed by atoms with Crippen molar-refractivity contribution in [2.75, 3.05) is 12.4 Å². The van der Waals surface area contributed by atoms with Crippen molar-refractivity contribution in [3.05, 3.63) is 30.0 Å². The molecule has 0 aliphatic rings. The smallest absolute Gasteiger partial charge is 0.221 e. The lowest BCUT2D eigenvalue weighted by Gasteiger charge is -2.07. The van der Waals surface area contributed by atoms with Gasteiger partial charge in [-0.3, -0.25) is 9.89 Å². The third-order valence-corrected chi connectivity index (χ3v) is 2.99. The minimum absolute atomic E-state index is 0.104. The van der Waals surface area contributed by atoms with Crippen LogP contribution in [0, 0.1) is 0 Å². The van der Waals surface area contributed by atoms with E-state index in [1.807, 2.05) is 24.3 Å². The van der Waals surface area contributed by atoms with Gasteiger partial charge in [0.2, 0.25) is 5.91 Å². The monoisotopic (exact) mass is 273 g/mol. The SMILES string of the molecule is CCCc1[nH]nc(-c2cccc(OC)c2)c1NC(C)=O. The molecule has 1 heterocycles. The lowest BCUT2D eigenvalue weighted by Crippen LogP contribution is -2.08. The van der Waals surface area contributed by atoms with Crippen molar-refractivity contribution in [1.29, 1.82) is 0 Å². The van der Waals surface area contributed by atoms with Crippen molar-refractivity contribution in [2.24, 2.45) is 0 Å². The highest BCUT2D eigenvalue weighted by atomic mass is 16.5. The summed E-state index contributed by atoms with van der Waals surface area (Å²) in [7, 11) is 1.63. The van der Waals surface area contributed by atoms with Gasteiger partial charge in [-0.25, -0.2) is 0 Å². The maximum absolute atomic E-state index is 11.4. The van der Waals surface area contributed by atoms with Crippen LogP contribution < -0.4 is 10.1 Å². The minimum Gasteiger partial charge on any atom is -0.497 e. The average Bonchev–Trinajstić information content (AvgIpc) is 2.82. The number of H-pyrrole nitrogens is 1. The van der Waals surface area contributed by atoms with E-state index in [-0.39, 0.29) is 5.91 Å². The number of nitrogens with zero attached hydrogens (tertiary/aromatic N) is 1. The van der Waals surface area contributed by atoms with Crippen molar-refractivity contribution >= 4 is 11.6 Å². The third-order valence-electron chi connectivity index (χ3n) is 2.99. The molecule has 0 radical (unpaired) electrons. The van der Waals surface area contributed by atoms with Crippen LogP contribution >= 0.6 is 0 Å². The number of aromatic nitrogens is 2. The van der Waals surface area contributed by atoms with Crippen LogP contribution in [0.5, 0.6) is 5.75 Å². The molecule has 106 valence electrons. The van der Waals surface area contributed by atoms with Crippen molar-refractivity contribution in [1.82, 2.24) is 10.2 Å².